The third-order valence-electron chi connectivity index (χ3n) is 5.15. The Bertz CT molecular complexity index is 884. The molecule has 1 aromatic heterocycles. The van der Waals surface area contributed by atoms with E-state index in [0.717, 1.165) is 38.0 Å². The van der Waals surface area contributed by atoms with Crippen molar-refractivity contribution in [2.75, 3.05) is 37.7 Å². The van der Waals surface area contributed by atoms with E-state index in [-0.39, 0.29) is 19.0 Å². The minimum absolute atomic E-state index is 0.149. The zero-order valence-electron chi connectivity index (χ0n) is 16.3. The standard InChI is InChI=1S/C21H24FN3O4/c1-2-8-24-9-5-15(6-10-24)18-4-3-16(12-19(18)22)25-13-17(29-21(25)26)14-27-20-7-11-28-23-20/h3-5,7,11-12,17H,2,6,8-10,13-14H2,1H3. The summed E-state index contributed by atoms with van der Waals surface area (Å²) in [5, 5.41) is 3.64. The summed E-state index contributed by atoms with van der Waals surface area (Å²) in [6.07, 6.45) is 4.45. The van der Waals surface area contributed by atoms with Crippen LogP contribution in [0.4, 0.5) is 14.9 Å². The summed E-state index contributed by atoms with van der Waals surface area (Å²) in [7, 11) is 0. The normalized spacial score (nSPS) is 19.9. The van der Waals surface area contributed by atoms with E-state index in [4.69, 9.17) is 14.0 Å². The van der Waals surface area contributed by atoms with Gasteiger partial charge in [0, 0.05) is 24.7 Å². The Kier molecular flexibility index (Phi) is 5.80. The van der Waals surface area contributed by atoms with Crippen LogP contribution >= 0.6 is 0 Å². The summed E-state index contributed by atoms with van der Waals surface area (Å²) in [6, 6.07) is 6.49. The van der Waals surface area contributed by atoms with Crippen molar-refractivity contribution in [2.45, 2.75) is 25.9 Å². The van der Waals surface area contributed by atoms with Gasteiger partial charge in [0.1, 0.15) is 18.7 Å². The number of amides is 1. The number of halogens is 1. The van der Waals surface area contributed by atoms with E-state index >= 15 is 0 Å². The maximum atomic E-state index is 14.8. The summed E-state index contributed by atoms with van der Waals surface area (Å²) < 4.78 is 30.2. The number of carbonyl (C=O) groups is 1. The summed E-state index contributed by atoms with van der Waals surface area (Å²) in [4.78, 5) is 16.0. The Hall–Kier alpha value is -2.87. The molecule has 1 atom stereocenters. The lowest BCUT2D eigenvalue weighted by atomic mass is 9.98. The quantitative estimate of drug-likeness (QED) is 0.705. The lowest BCUT2D eigenvalue weighted by Gasteiger charge is -2.26. The Morgan fingerprint density at radius 2 is 2.24 bits per heavy atom. The van der Waals surface area contributed by atoms with Crippen LogP contribution < -0.4 is 9.64 Å². The Labute approximate surface area is 168 Å². The largest absolute Gasteiger partial charge is 0.471 e. The molecule has 0 saturated carbocycles. The van der Waals surface area contributed by atoms with Gasteiger partial charge < -0.3 is 14.0 Å². The van der Waals surface area contributed by atoms with E-state index in [2.05, 4.69) is 23.1 Å². The molecule has 1 fully saturated rings. The van der Waals surface area contributed by atoms with Gasteiger partial charge in [0.25, 0.3) is 5.88 Å². The molecule has 154 valence electrons. The average Bonchev–Trinajstić information content (AvgIpc) is 3.37. The summed E-state index contributed by atoms with van der Waals surface area (Å²) in [5.74, 6) is 0.000874. The number of carbonyl (C=O) groups excluding carboxylic acids is 1. The molecule has 0 radical (unpaired) electrons. The first kappa shape index (κ1) is 19.4. The second-order valence-electron chi connectivity index (χ2n) is 7.21. The molecule has 7 nitrogen and oxygen atoms in total. The molecule has 0 N–H and O–H groups in total. The predicted molar refractivity (Wildman–Crippen MR) is 105 cm³/mol. The minimum Gasteiger partial charge on any atom is -0.471 e. The number of hydrogen-bond acceptors (Lipinski definition) is 6. The van der Waals surface area contributed by atoms with Crippen LogP contribution in [0.5, 0.6) is 5.88 Å². The number of rotatable bonds is 7. The van der Waals surface area contributed by atoms with E-state index < -0.39 is 12.2 Å². The van der Waals surface area contributed by atoms with E-state index in [1.165, 1.54) is 17.2 Å². The Morgan fingerprint density at radius 1 is 1.34 bits per heavy atom. The van der Waals surface area contributed by atoms with Crippen LogP contribution in [0.1, 0.15) is 25.3 Å². The van der Waals surface area contributed by atoms with Crippen molar-refractivity contribution in [2.24, 2.45) is 0 Å². The molecular formula is C21H24FN3O4. The SMILES string of the molecule is CCCN1CC=C(c2ccc(N3CC(COc4ccon4)OC3=O)cc2F)CC1. The van der Waals surface area contributed by atoms with Gasteiger partial charge in [-0.05, 0) is 48.3 Å². The molecule has 0 bridgehead atoms. The third kappa shape index (κ3) is 4.42. The molecule has 1 saturated heterocycles. The van der Waals surface area contributed by atoms with Crippen LogP contribution in [0.3, 0.4) is 0 Å². The monoisotopic (exact) mass is 401 g/mol. The zero-order valence-corrected chi connectivity index (χ0v) is 16.3. The van der Waals surface area contributed by atoms with Crippen molar-refractivity contribution in [1.82, 2.24) is 10.1 Å². The highest BCUT2D eigenvalue weighted by Gasteiger charge is 2.33. The molecular weight excluding hydrogens is 377 g/mol. The highest BCUT2D eigenvalue weighted by molar-refractivity contribution is 5.90. The molecule has 0 spiro atoms. The fraction of sp³-hybridized carbons (Fsp3) is 0.429. The van der Waals surface area contributed by atoms with E-state index in [0.29, 0.717) is 17.1 Å². The maximum absolute atomic E-state index is 14.8. The number of cyclic esters (lactones) is 1. The molecule has 29 heavy (non-hydrogen) atoms. The second-order valence-corrected chi connectivity index (χ2v) is 7.21. The van der Waals surface area contributed by atoms with Gasteiger partial charge >= 0.3 is 6.09 Å². The van der Waals surface area contributed by atoms with E-state index in [9.17, 15) is 9.18 Å². The van der Waals surface area contributed by atoms with Gasteiger partial charge in [-0.1, -0.05) is 13.0 Å². The molecule has 2 aliphatic heterocycles. The molecule has 1 amide bonds. The predicted octanol–water partition coefficient (Wildman–Crippen LogP) is 3.72. The zero-order chi connectivity index (χ0) is 20.2. The van der Waals surface area contributed by atoms with Crippen molar-refractivity contribution in [1.29, 1.82) is 0 Å². The second kappa shape index (κ2) is 8.65. The Balaban J connectivity index is 1.40. The van der Waals surface area contributed by atoms with Crippen LogP contribution in [0.25, 0.3) is 5.57 Å². The van der Waals surface area contributed by atoms with Gasteiger partial charge in [0.05, 0.1) is 12.2 Å². The summed E-state index contributed by atoms with van der Waals surface area (Å²) >= 11 is 0. The van der Waals surface area contributed by atoms with Crippen molar-refractivity contribution in [3.05, 3.63) is 48.0 Å². The number of ether oxygens (including phenoxy) is 2. The van der Waals surface area contributed by atoms with Gasteiger partial charge in [0.15, 0.2) is 6.10 Å². The lowest BCUT2D eigenvalue weighted by molar-refractivity contribution is 0.102. The first-order valence-electron chi connectivity index (χ1n) is 9.86. The van der Waals surface area contributed by atoms with Crippen LogP contribution in [0.15, 0.2) is 41.1 Å². The van der Waals surface area contributed by atoms with Gasteiger partial charge in [-0.3, -0.25) is 9.80 Å². The number of nitrogens with zero attached hydrogens (tertiary/aromatic N) is 3. The fourth-order valence-corrected chi connectivity index (χ4v) is 3.68. The Morgan fingerprint density at radius 3 is 2.93 bits per heavy atom. The third-order valence-corrected chi connectivity index (χ3v) is 5.15. The first-order chi connectivity index (χ1) is 14.1. The molecule has 8 heteroatoms. The van der Waals surface area contributed by atoms with Crippen molar-refractivity contribution < 1.29 is 23.2 Å². The number of hydrogen-bond donors (Lipinski definition) is 0. The number of aromatic nitrogens is 1. The number of benzene rings is 1. The van der Waals surface area contributed by atoms with E-state index in [1.54, 1.807) is 18.2 Å². The van der Waals surface area contributed by atoms with Crippen molar-refractivity contribution in [3.8, 4) is 5.88 Å². The highest BCUT2D eigenvalue weighted by Crippen LogP contribution is 2.29. The summed E-state index contributed by atoms with van der Waals surface area (Å²) in [5.41, 5.74) is 2.09. The molecule has 1 unspecified atom stereocenters. The first-order valence-corrected chi connectivity index (χ1v) is 9.86. The van der Waals surface area contributed by atoms with Crippen LogP contribution in [-0.2, 0) is 4.74 Å². The smallest absolute Gasteiger partial charge is 0.414 e. The van der Waals surface area contributed by atoms with E-state index in [1.807, 2.05) is 0 Å². The topological polar surface area (TPSA) is 68.0 Å². The highest BCUT2D eigenvalue weighted by atomic mass is 19.1. The van der Waals surface area contributed by atoms with Crippen LogP contribution in [0.2, 0.25) is 0 Å². The van der Waals surface area contributed by atoms with Gasteiger partial charge in [-0.2, -0.15) is 0 Å². The molecule has 1 aromatic carbocycles. The average molecular weight is 401 g/mol. The van der Waals surface area contributed by atoms with Gasteiger partial charge in [-0.25, -0.2) is 9.18 Å². The molecule has 2 aliphatic rings. The van der Waals surface area contributed by atoms with Crippen molar-refractivity contribution in [3.63, 3.8) is 0 Å². The molecule has 3 heterocycles. The van der Waals surface area contributed by atoms with Crippen LogP contribution in [-0.4, -0.2) is 55.0 Å². The maximum Gasteiger partial charge on any atom is 0.414 e. The molecule has 0 aliphatic carbocycles. The van der Waals surface area contributed by atoms with Gasteiger partial charge in [0.2, 0.25) is 0 Å². The number of anilines is 1. The summed E-state index contributed by atoms with van der Waals surface area (Å²) in [6.45, 7) is 5.43. The fourth-order valence-electron chi connectivity index (χ4n) is 3.68. The van der Waals surface area contributed by atoms with Crippen molar-refractivity contribution >= 4 is 17.4 Å². The van der Waals surface area contributed by atoms with Crippen LogP contribution in [0, 0.1) is 5.82 Å². The molecule has 2 aromatic rings. The molecule has 4 rings (SSSR count). The minimum atomic E-state index is -0.516. The van der Waals surface area contributed by atoms with Gasteiger partial charge in [-0.15, -0.1) is 0 Å². The lowest BCUT2D eigenvalue weighted by Crippen LogP contribution is -2.29.